The molecule has 1 aromatic heterocycles. The van der Waals surface area contributed by atoms with Crippen molar-refractivity contribution in [3.05, 3.63) is 34.7 Å². The van der Waals surface area contributed by atoms with Gasteiger partial charge in [-0.2, -0.15) is 13.2 Å². The van der Waals surface area contributed by atoms with Crippen molar-refractivity contribution in [2.75, 3.05) is 7.11 Å². The third-order valence-electron chi connectivity index (χ3n) is 2.92. The summed E-state index contributed by atoms with van der Waals surface area (Å²) in [7, 11) is 1.19. The normalized spacial score (nSPS) is 13.4. The summed E-state index contributed by atoms with van der Waals surface area (Å²) in [6, 6.07) is 3.04. The van der Waals surface area contributed by atoms with E-state index >= 15 is 0 Å². The number of esters is 1. The molecule has 20 heavy (non-hydrogen) atoms. The number of alkyl halides is 3. The minimum Gasteiger partial charge on any atom is -0.468 e. The highest BCUT2D eigenvalue weighted by atomic mass is 32.1. The second-order valence-corrected chi connectivity index (χ2v) is 5.18. The van der Waals surface area contributed by atoms with E-state index in [9.17, 15) is 18.0 Å². The van der Waals surface area contributed by atoms with Crippen LogP contribution < -0.4 is 5.73 Å². The van der Waals surface area contributed by atoms with Crippen molar-refractivity contribution in [3.63, 3.8) is 0 Å². The Morgan fingerprint density at radius 1 is 1.45 bits per heavy atom. The Morgan fingerprint density at radius 2 is 2.15 bits per heavy atom. The molecule has 0 aliphatic heterocycles. The van der Waals surface area contributed by atoms with Gasteiger partial charge in [0.15, 0.2) is 0 Å². The maximum absolute atomic E-state index is 13.0. The summed E-state index contributed by atoms with van der Waals surface area (Å²) in [5, 5.41) is 1.72. The molecule has 0 saturated heterocycles. The third kappa shape index (κ3) is 2.78. The molecule has 2 aromatic rings. The van der Waals surface area contributed by atoms with E-state index in [-0.39, 0.29) is 11.8 Å². The fraction of sp³-hybridized carbons (Fsp3) is 0.308. The van der Waals surface area contributed by atoms with E-state index in [0.29, 0.717) is 10.3 Å². The molecule has 0 amide bonds. The van der Waals surface area contributed by atoms with E-state index in [1.54, 1.807) is 11.4 Å². The number of ether oxygens (including phenoxy) is 1. The van der Waals surface area contributed by atoms with Gasteiger partial charge < -0.3 is 10.5 Å². The lowest BCUT2D eigenvalue weighted by atomic mass is 10.0. The predicted octanol–water partition coefficient (Wildman–Crippen LogP) is 2.96. The summed E-state index contributed by atoms with van der Waals surface area (Å²) in [6.45, 7) is 0. The fourth-order valence-electron chi connectivity index (χ4n) is 2.01. The molecule has 0 spiro atoms. The second-order valence-electron chi connectivity index (χ2n) is 4.27. The first kappa shape index (κ1) is 14.8. The molecule has 108 valence electrons. The topological polar surface area (TPSA) is 52.3 Å². The summed E-state index contributed by atoms with van der Waals surface area (Å²) in [5.41, 5.74) is 5.33. The lowest BCUT2D eigenvalue weighted by Gasteiger charge is -2.12. The molecule has 0 aliphatic carbocycles. The van der Waals surface area contributed by atoms with Crippen LogP contribution in [0.2, 0.25) is 0 Å². The largest absolute Gasteiger partial charge is 0.468 e. The van der Waals surface area contributed by atoms with Gasteiger partial charge in [-0.05, 0) is 29.5 Å². The number of nitrogens with two attached hydrogens (primary N) is 1. The molecule has 7 heteroatoms. The molecule has 1 heterocycles. The van der Waals surface area contributed by atoms with Crippen molar-refractivity contribution in [3.8, 4) is 0 Å². The first-order valence-electron chi connectivity index (χ1n) is 5.74. The number of carbonyl (C=O) groups excluding carboxylic acids is 1. The highest BCUT2D eigenvalue weighted by Gasteiger charge is 2.34. The number of thiophene rings is 1. The molecular weight excluding hydrogens is 291 g/mol. The quantitative estimate of drug-likeness (QED) is 0.887. The molecule has 0 unspecified atom stereocenters. The summed E-state index contributed by atoms with van der Waals surface area (Å²) in [4.78, 5) is 11.3. The lowest BCUT2D eigenvalue weighted by Crippen LogP contribution is -2.33. The molecule has 2 rings (SSSR count). The number of methoxy groups -OCH3 is 1. The number of fused-ring (bicyclic) bond motifs is 1. The van der Waals surface area contributed by atoms with Crippen LogP contribution >= 0.6 is 11.3 Å². The lowest BCUT2D eigenvalue weighted by molar-refractivity contribution is -0.142. The zero-order valence-corrected chi connectivity index (χ0v) is 11.3. The monoisotopic (exact) mass is 303 g/mol. The highest BCUT2D eigenvalue weighted by molar-refractivity contribution is 7.17. The smallest absolute Gasteiger partial charge is 0.417 e. The van der Waals surface area contributed by atoms with Gasteiger partial charge in [-0.3, -0.25) is 4.79 Å². The Hall–Kier alpha value is -1.60. The van der Waals surface area contributed by atoms with Crippen molar-refractivity contribution >= 4 is 27.4 Å². The minimum absolute atomic E-state index is 0.0137. The molecule has 0 saturated carbocycles. The third-order valence-corrected chi connectivity index (χ3v) is 3.92. The summed E-state index contributed by atoms with van der Waals surface area (Å²) in [6.07, 6.45) is -4.43. The minimum atomic E-state index is -4.44. The predicted molar refractivity (Wildman–Crippen MR) is 70.5 cm³/mol. The molecule has 0 aliphatic rings. The van der Waals surface area contributed by atoms with Gasteiger partial charge in [0.25, 0.3) is 0 Å². The summed E-state index contributed by atoms with van der Waals surface area (Å²) < 4.78 is 44.1. The Kier molecular flexibility index (Phi) is 4.01. The molecule has 1 aromatic carbocycles. The zero-order valence-electron chi connectivity index (χ0n) is 10.5. The van der Waals surface area contributed by atoms with E-state index in [1.165, 1.54) is 24.5 Å². The number of carbonyl (C=O) groups is 1. The van der Waals surface area contributed by atoms with Crippen LogP contribution in [0.4, 0.5) is 13.2 Å². The molecule has 1 atom stereocenters. The van der Waals surface area contributed by atoms with Crippen LogP contribution in [0.1, 0.15) is 11.1 Å². The first-order chi connectivity index (χ1) is 9.34. The highest BCUT2D eigenvalue weighted by Crippen LogP contribution is 2.39. The number of hydrogen-bond acceptors (Lipinski definition) is 4. The van der Waals surface area contributed by atoms with Gasteiger partial charge in [0, 0.05) is 10.1 Å². The van der Waals surface area contributed by atoms with Gasteiger partial charge >= 0.3 is 12.1 Å². The first-order valence-corrected chi connectivity index (χ1v) is 6.62. The van der Waals surface area contributed by atoms with E-state index in [2.05, 4.69) is 4.74 Å². The Labute approximate surface area is 117 Å². The standard InChI is InChI=1S/C13H12F3NO2S/c1-19-12(18)9(17)5-7-6-20-10-4-2-3-8(11(7)10)13(14,15)16/h2-4,6,9H,5,17H2,1H3/t9-/m0/s1. The Morgan fingerprint density at radius 3 is 2.75 bits per heavy atom. The van der Waals surface area contributed by atoms with Crippen molar-refractivity contribution < 1.29 is 22.7 Å². The van der Waals surface area contributed by atoms with Crippen LogP contribution in [0.15, 0.2) is 23.6 Å². The van der Waals surface area contributed by atoms with Gasteiger partial charge in [-0.15, -0.1) is 11.3 Å². The van der Waals surface area contributed by atoms with Crippen LogP contribution in [-0.2, 0) is 22.1 Å². The number of hydrogen-bond donors (Lipinski definition) is 1. The average Bonchev–Trinajstić information content (AvgIpc) is 2.79. The second kappa shape index (κ2) is 5.41. The van der Waals surface area contributed by atoms with Gasteiger partial charge in [0.2, 0.25) is 0 Å². The maximum atomic E-state index is 13.0. The van der Waals surface area contributed by atoms with Crippen molar-refractivity contribution in [2.45, 2.75) is 18.6 Å². The van der Waals surface area contributed by atoms with Gasteiger partial charge in [0.05, 0.1) is 12.7 Å². The van der Waals surface area contributed by atoms with Gasteiger partial charge in [-0.25, -0.2) is 0 Å². The van der Waals surface area contributed by atoms with Gasteiger partial charge in [0.1, 0.15) is 6.04 Å². The van der Waals surface area contributed by atoms with E-state index in [0.717, 1.165) is 6.07 Å². The van der Waals surface area contributed by atoms with Crippen LogP contribution in [0.3, 0.4) is 0 Å². The molecular formula is C13H12F3NO2S. The van der Waals surface area contributed by atoms with Crippen molar-refractivity contribution in [2.24, 2.45) is 5.73 Å². The van der Waals surface area contributed by atoms with E-state index < -0.39 is 23.8 Å². The molecule has 0 radical (unpaired) electrons. The van der Waals surface area contributed by atoms with E-state index in [1.807, 2.05) is 0 Å². The zero-order chi connectivity index (χ0) is 14.9. The number of benzene rings is 1. The summed E-state index contributed by atoms with van der Waals surface area (Å²) >= 11 is 1.20. The number of rotatable bonds is 3. The van der Waals surface area contributed by atoms with Crippen molar-refractivity contribution in [1.82, 2.24) is 0 Å². The molecule has 2 N–H and O–H groups in total. The average molecular weight is 303 g/mol. The Bertz CT molecular complexity index is 636. The van der Waals surface area contributed by atoms with Gasteiger partial charge in [-0.1, -0.05) is 6.07 Å². The van der Waals surface area contributed by atoms with Crippen LogP contribution in [0, 0.1) is 0 Å². The van der Waals surface area contributed by atoms with E-state index in [4.69, 9.17) is 5.73 Å². The Balaban J connectivity index is 2.47. The number of halogens is 3. The molecule has 3 nitrogen and oxygen atoms in total. The van der Waals surface area contributed by atoms with Crippen LogP contribution in [0.5, 0.6) is 0 Å². The SMILES string of the molecule is COC(=O)[C@@H](N)Cc1csc2cccc(C(F)(F)F)c12. The summed E-state index contributed by atoms with van der Waals surface area (Å²) in [5.74, 6) is -0.645. The maximum Gasteiger partial charge on any atom is 0.417 e. The van der Waals surface area contributed by atoms with Crippen molar-refractivity contribution in [1.29, 1.82) is 0 Å². The molecule has 0 fully saturated rings. The fourth-order valence-corrected chi connectivity index (χ4v) is 3.01. The van der Waals surface area contributed by atoms with Crippen LogP contribution in [-0.4, -0.2) is 19.1 Å². The van der Waals surface area contributed by atoms with Crippen LogP contribution in [0.25, 0.3) is 10.1 Å². The molecule has 0 bridgehead atoms.